The molecule has 0 aromatic carbocycles. The van der Waals surface area contributed by atoms with Crippen molar-refractivity contribution in [3.05, 3.63) is 12.7 Å². The fourth-order valence-electron chi connectivity index (χ4n) is 3.79. The molecule has 210 valence electrons. The largest absolute Gasteiger partial charge is 0.461 e. The molecule has 7 nitrogen and oxygen atoms in total. The van der Waals surface area contributed by atoms with Gasteiger partial charge in [-0.3, -0.25) is 9.59 Å². The van der Waals surface area contributed by atoms with E-state index in [1.807, 2.05) is 20.8 Å². The van der Waals surface area contributed by atoms with E-state index in [0.717, 1.165) is 38.2 Å². The summed E-state index contributed by atoms with van der Waals surface area (Å²) in [6.07, 6.45) is 11.1. The molecular weight excluding hydrogens is 458 g/mol. The molecule has 1 amide bonds. The van der Waals surface area contributed by atoms with Gasteiger partial charge in [-0.2, -0.15) is 0 Å². The fraction of sp³-hybridized carbons (Fsp3) is 0.828. The number of carbonyl (C=O) groups excluding carboxylic acids is 3. The number of hydrogen-bond acceptors (Lipinski definition) is 6. The molecule has 0 aromatic rings. The van der Waals surface area contributed by atoms with Crippen molar-refractivity contribution in [2.75, 3.05) is 26.4 Å². The summed E-state index contributed by atoms with van der Waals surface area (Å²) in [5.41, 5.74) is -1.66. The van der Waals surface area contributed by atoms with Gasteiger partial charge < -0.3 is 19.5 Å². The number of ether oxygens (including phenoxy) is 3. The molecule has 7 heteroatoms. The van der Waals surface area contributed by atoms with Crippen molar-refractivity contribution in [2.45, 2.75) is 123 Å². The van der Waals surface area contributed by atoms with Gasteiger partial charge in [-0.1, -0.05) is 66.4 Å². The van der Waals surface area contributed by atoms with E-state index in [-0.39, 0.29) is 24.8 Å². The normalized spacial score (nSPS) is 15.4. The van der Waals surface area contributed by atoms with Crippen molar-refractivity contribution < 1.29 is 28.6 Å². The van der Waals surface area contributed by atoms with Gasteiger partial charge in [0.25, 0.3) is 5.91 Å². The second kappa shape index (κ2) is 19.4. The summed E-state index contributed by atoms with van der Waals surface area (Å²) in [6.45, 7) is 16.7. The third-order valence-corrected chi connectivity index (χ3v) is 7.12. The lowest BCUT2D eigenvalue weighted by Crippen LogP contribution is -2.47. The van der Waals surface area contributed by atoms with Crippen LogP contribution >= 0.6 is 0 Å². The zero-order valence-electron chi connectivity index (χ0n) is 23.9. The number of Topliss-reactive ketones (excluding diaryl/α,β-unsaturated/α-hetero) is 1. The van der Waals surface area contributed by atoms with Crippen LogP contribution in [-0.4, -0.2) is 55.2 Å². The smallest absolute Gasteiger partial charge is 0.330 e. The molecule has 0 aliphatic carbocycles. The zero-order valence-corrected chi connectivity index (χ0v) is 23.9. The molecule has 0 saturated heterocycles. The van der Waals surface area contributed by atoms with E-state index in [2.05, 4.69) is 25.7 Å². The summed E-state index contributed by atoms with van der Waals surface area (Å²) in [5.74, 6) is -0.0646. The number of ketones is 1. The van der Waals surface area contributed by atoms with Crippen LogP contribution in [0.3, 0.4) is 0 Å². The van der Waals surface area contributed by atoms with Crippen LogP contribution < -0.4 is 5.32 Å². The fourth-order valence-corrected chi connectivity index (χ4v) is 3.79. The lowest BCUT2D eigenvalue weighted by Gasteiger charge is -2.29. The van der Waals surface area contributed by atoms with Gasteiger partial charge in [0, 0.05) is 19.1 Å². The van der Waals surface area contributed by atoms with Crippen LogP contribution in [0, 0.1) is 5.92 Å². The first-order valence-corrected chi connectivity index (χ1v) is 14.0. The van der Waals surface area contributed by atoms with Gasteiger partial charge in [0.15, 0.2) is 5.78 Å². The predicted octanol–water partition coefficient (Wildman–Crippen LogP) is 5.94. The molecule has 0 bridgehead atoms. The highest BCUT2D eigenvalue weighted by atomic mass is 16.5. The third-order valence-electron chi connectivity index (χ3n) is 7.12. The average molecular weight is 512 g/mol. The maximum absolute atomic E-state index is 12.9. The Balaban J connectivity index is 4.35. The summed E-state index contributed by atoms with van der Waals surface area (Å²) in [7, 11) is 0. The quantitative estimate of drug-likeness (QED) is 0.104. The van der Waals surface area contributed by atoms with E-state index < -0.39 is 17.2 Å². The summed E-state index contributed by atoms with van der Waals surface area (Å²) >= 11 is 0. The highest BCUT2D eigenvalue weighted by molar-refractivity contribution is 5.87. The zero-order chi connectivity index (χ0) is 27.5. The number of rotatable bonds is 23. The maximum atomic E-state index is 12.9. The molecule has 0 saturated carbocycles. The summed E-state index contributed by atoms with van der Waals surface area (Å²) in [4.78, 5) is 36.5. The van der Waals surface area contributed by atoms with Crippen LogP contribution in [-0.2, 0) is 28.6 Å². The van der Waals surface area contributed by atoms with Crippen LogP contribution in [0.4, 0.5) is 0 Å². The molecule has 3 unspecified atom stereocenters. The Hall–Kier alpha value is -1.73. The second-order valence-electron chi connectivity index (χ2n) is 9.96. The molecule has 0 heterocycles. The number of esters is 1. The van der Waals surface area contributed by atoms with Gasteiger partial charge >= 0.3 is 5.97 Å². The molecule has 0 aromatic heterocycles. The minimum Gasteiger partial charge on any atom is -0.461 e. The van der Waals surface area contributed by atoms with Gasteiger partial charge in [0.05, 0.1) is 13.2 Å². The van der Waals surface area contributed by atoms with Crippen LogP contribution in [0.15, 0.2) is 12.7 Å². The predicted molar refractivity (Wildman–Crippen MR) is 145 cm³/mol. The SMILES string of the molecule is C=CC(=O)OCCNC(=O)C(C)(CC)OCCCCCC(=O)C(C)(CC)OCC(CC)CCCCC. The van der Waals surface area contributed by atoms with E-state index in [9.17, 15) is 14.4 Å². The molecule has 1 N–H and O–H groups in total. The van der Waals surface area contributed by atoms with Crippen molar-refractivity contribution in [2.24, 2.45) is 5.92 Å². The molecule has 0 aliphatic heterocycles. The van der Waals surface area contributed by atoms with Crippen LogP contribution in [0.5, 0.6) is 0 Å². The lowest BCUT2D eigenvalue weighted by molar-refractivity contribution is -0.147. The third kappa shape index (κ3) is 13.5. The molecule has 0 radical (unpaired) electrons. The van der Waals surface area contributed by atoms with Crippen LogP contribution in [0.25, 0.3) is 0 Å². The van der Waals surface area contributed by atoms with Crippen LogP contribution in [0.1, 0.15) is 112 Å². The van der Waals surface area contributed by atoms with Crippen molar-refractivity contribution in [3.8, 4) is 0 Å². The van der Waals surface area contributed by atoms with Gasteiger partial charge in [0.1, 0.15) is 17.8 Å². The lowest BCUT2D eigenvalue weighted by atomic mass is 9.92. The Kier molecular flexibility index (Phi) is 18.5. The molecule has 0 spiro atoms. The average Bonchev–Trinajstić information content (AvgIpc) is 2.89. The maximum Gasteiger partial charge on any atom is 0.330 e. The summed E-state index contributed by atoms with van der Waals surface area (Å²) in [5, 5.41) is 2.75. The van der Waals surface area contributed by atoms with Gasteiger partial charge in [-0.15, -0.1) is 0 Å². The van der Waals surface area contributed by atoms with E-state index in [0.29, 0.717) is 38.4 Å². The van der Waals surface area contributed by atoms with Crippen molar-refractivity contribution in [3.63, 3.8) is 0 Å². The molecule has 0 fully saturated rings. The minimum atomic E-state index is -0.945. The number of unbranched alkanes of at least 4 members (excludes halogenated alkanes) is 4. The monoisotopic (exact) mass is 511 g/mol. The van der Waals surface area contributed by atoms with Gasteiger partial charge in [-0.05, 0) is 51.9 Å². The topological polar surface area (TPSA) is 90.9 Å². The highest BCUT2D eigenvalue weighted by Gasteiger charge is 2.33. The number of hydrogen-bond donors (Lipinski definition) is 1. The Morgan fingerprint density at radius 2 is 1.58 bits per heavy atom. The number of amides is 1. The van der Waals surface area contributed by atoms with Gasteiger partial charge in [-0.25, -0.2) is 4.79 Å². The Labute approximate surface area is 220 Å². The first-order valence-electron chi connectivity index (χ1n) is 14.0. The molecular formula is C29H53NO6. The van der Waals surface area contributed by atoms with E-state index in [1.165, 1.54) is 19.3 Å². The van der Waals surface area contributed by atoms with Crippen molar-refractivity contribution >= 4 is 17.7 Å². The molecule has 0 rings (SSSR count). The van der Waals surface area contributed by atoms with Crippen LogP contribution in [0.2, 0.25) is 0 Å². The highest BCUT2D eigenvalue weighted by Crippen LogP contribution is 2.24. The first kappa shape index (κ1) is 34.3. The van der Waals surface area contributed by atoms with Gasteiger partial charge in [0.2, 0.25) is 0 Å². The van der Waals surface area contributed by atoms with E-state index in [4.69, 9.17) is 14.2 Å². The first-order chi connectivity index (χ1) is 17.1. The Bertz CT molecular complexity index is 652. The van der Waals surface area contributed by atoms with Crippen molar-refractivity contribution in [1.29, 1.82) is 0 Å². The van der Waals surface area contributed by atoms with E-state index in [1.54, 1.807) is 6.92 Å². The Morgan fingerprint density at radius 1 is 0.889 bits per heavy atom. The number of carbonyl (C=O) groups is 3. The molecule has 0 aliphatic rings. The molecule has 36 heavy (non-hydrogen) atoms. The minimum absolute atomic E-state index is 0.0861. The van der Waals surface area contributed by atoms with Crippen molar-refractivity contribution in [1.82, 2.24) is 5.32 Å². The van der Waals surface area contributed by atoms with E-state index >= 15 is 0 Å². The Morgan fingerprint density at radius 3 is 2.17 bits per heavy atom. The number of nitrogens with one attached hydrogen (secondary N) is 1. The second-order valence-corrected chi connectivity index (χ2v) is 9.96. The standard InChI is InChI=1S/C29H53NO6/c1-8-13-15-18-24(9-2)23-36-28(6,11-4)25(31)19-16-14-17-21-35-29(7,12-5)27(33)30-20-22-34-26(32)10-3/h10,24H,3,8-9,11-23H2,1-2,4-7H3,(H,30,33). The summed E-state index contributed by atoms with van der Waals surface area (Å²) in [6, 6.07) is 0. The summed E-state index contributed by atoms with van der Waals surface area (Å²) < 4.78 is 17.0. The molecule has 3 atom stereocenters.